The first kappa shape index (κ1) is 12.8. The van der Waals surface area contributed by atoms with Gasteiger partial charge in [0.2, 0.25) is 0 Å². The first-order valence-electron chi connectivity index (χ1n) is 5.06. The Morgan fingerprint density at radius 3 is 2.72 bits per heavy atom. The average Bonchev–Trinajstić information content (AvgIpc) is 2.28. The van der Waals surface area contributed by atoms with E-state index >= 15 is 0 Å². The molecule has 1 aromatic heterocycles. The minimum absolute atomic E-state index is 0.0798. The molecule has 0 aliphatic rings. The lowest BCUT2D eigenvalue weighted by Crippen LogP contribution is -1.97. The van der Waals surface area contributed by atoms with E-state index in [1.807, 2.05) is 0 Å². The number of aryl methyl sites for hydroxylation is 1. The van der Waals surface area contributed by atoms with Crippen molar-refractivity contribution in [1.82, 2.24) is 4.98 Å². The molecular formula is C12H9F2NO2S. The van der Waals surface area contributed by atoms with Crippen molar-refractivity contribution in [3.05, 3.63) is 35.5 Å². The monoisotopic (exact) mass is 269 g/mol. The molecule has 0 saturated carbocycles. The number of thioether (sulfide) groups is 1. The van der Waals surface area contributed by atoms with Crippen molar-refractivity contribution in [3.63, 3.8) is 0 Å². The number of halogens is 2. The van der Waals surface area contributed by atoms with Gasteiger partial charge in [-0.15, -0.1) is 0 Å². The maximum Gasteiger partial charge on any atom is 0.337 e. The number of fused-ring (bicyclic) bond motifs is 1. The zero-order valence-electron chi connectivity index (χ0n) is 9.35. The molecule has 0 radical (unpaired) electrons. The lowest BCUT2D eigenvalue weighted by Gasteiger charge is -2.07. The molecule has 3 nitrogen and oxygen atoms in total. The number of pyridine rings is 1. The van der Waals surface area contributed by atoms with Crippen LogP contribution in [0.4, 0.5) is 8.78 Å². The van der Waals surface area contributed by atoms with Crippen LogP contribution in [0.1, 0.15) is 15.9 Å². The van der Waals surface area contributed by atoms with Gasteiger partial charge in [-0.25, -0.2) is 4.79 Å². The Morgan fingerprint density at radius 1 is 1.39 bits per heavy atom. The van der Waals surface area contributed by atoms with Crippen LogP contribution in [0.5, 0.6) is 0 Å². The van der Waals surface area contributed by atoms with Crippen LogP contribution in [0.2, 0.25) is 0 Å². The number of alkyl halides is 2. The zero-order chi connectivity index (χ0) is 13.3. The molecule has 2 rings (SSSR count). The summed E-state index contributed by atoms with van der Waals surface area (Å²) in [5.74, 6) is -3.55. The summed E-state index contributed by atoms with van der Waals surface area (Å²) in [4.78, 5) is 15.2. The van der Waals surface area contributed by atoms with Gasteiger partial charge in [0.1, 0.15) is 0 Å². The van der Waals surface area contributed by atoms with Gasteiger partial charge in [-0.05, 0) is 30.7 Å². The number of aromatic carboxylic acids is 1. The molecule has 0 aliphatic heterocycles. The molecule has 0 aliphatic carbocycles. The van der Waals surface area contributed by atoms with E-state index in [0.29, 0.717) is 33.1 Å². The molecule has 2 aromatic rings. The molecule has 0 atom stereocenters. The van der Waals surface area contributed by atoms with Gasteiger partial charge in [-0.2, -0.15) is 8.78 Å². The second-order valence-electron chi connectivity index (χ2n) is 3.72. The number of benzene rings is 1. The number of hydrogen-bond acceptors (Lipinski definition) is 3. The highest BCUT2D eigenvalue weighted by molar-refractivity contribution is 7.99. The number of carbonyl (C=O) groups is 1. The third-order valence-corrected chi connectivity index (χ3v) is 3.31. The molecule has 94 valence electrons. The molecule has 0 spiro atoms. The van der Waals surface area contributed by atoms with E-state index in [-0.39, 0.29) is 5.56 Å². The summed E-state index contributed by atoms with van der Waals surface area (Å²) in [5.41, 5.74) is 1.27. The van der Waals surface area contributed by atoms with Gasteiger partial charge in [-0.1, -0.05) is 11.8 Å². The van der Waals surface area contributed by atoms with Crippen LogP contribution in [0.3, 0.4) is 0 Å². The molecule has 0 fully saturated rings. The topological polar surface area (TPSA) is 50.2 Å². The van der Waals surface area contributed by atoms with Gasteiger partial charge in [-0.3, -0.25) is 4.98 Å². The summed E-state index contributed by atoms with van der Waals surface area (Å²) < 4.78 is 24.7. The Bertz CT molecular complexity index is 616. The van der Waals surface area contributed by atoms with Crippen molar-refractivity contribution < 1.29 is 18.7 Å². The highest BCUT2D eigenvalue weighted by Gasteiger charge is 2.11. The smallest absolute Gasteiger partial charge is 0.337 e. The number of carboxylic acids is 1. The Labute approximate surface area is 106 Å². The van der Waals surface area contributed by atoms with Crippen molar-refractivity contribution in [2.45, 2.75) is 17.6 Å². The second-order valence-corrected chi connectivity index (χ2v) is 4.75. The highest BCUT2D eigenvalue weighted by atomic mass is 32.2. The van der Waals surface area contributed by atoms with Crippen molar-refractivity contribution in [2.24, 2.45) is 0 Å². The van der Waals surface area contributed by atoms with Gasteiger partial charge < -0.3 is 5.11 Å². The van der Waals surface area contributed by atoms with Crippen molar-refractivity contribution in [2.75, 3.05) is 0 Å². The molecule has 6 heteroatoms. The average molecular weight is 269 g/mol. The van der Waals surface area contributed by atoms with Crippen molar-refractivity contribution >= 4 is 28.6 Å². The lowest BCUT2D eigenvalue weighted by molar-refractivity contribution is 0.0696. The summed E-state index contributed by atoms with van der Waals surface area (Å²) >= 11 is 0.461. The summed E-state index contributed by atoms with van der Waals surface area (Å²) in [7, 11) is 0. The molecule has 0 amide bonds. The van der Waals surface area contributed by atoms with Crippen molar-refractivity contribution in [1.29, 1.82) is 0 Å². The lowest BCUT2D eigenvalue weighted by atomic mass is 10.1. The van der Waals surface area contributed by atoms with Crippen LogP contribution < -0.4 is 0 Å². The van der Waals surface area contributed by atoms with Crippen LogP contribution in [0, 0.1) is 6.92 Å². The molecule has 1 heterocycles. The van der Waals surface area contributed by atoms with Crippen LogP contribution in [-0.4, -0.2) is 21.8 Å². The number of hydrogen-bond donors (Lipinski definition) is 1. The number of nitrogens with zero attached hydrogens (tertiary/aromatic N) is 1. The van der Waals surface area contributed by atoms with Gasteiger partial charge in [0.25, 0.3) is 5.76 Å². The zero-order valence-corrected chi connectivity index (χ0v) is 10.2. The molecular weight excluding hydrogens is 260 g/mol. The summed E-state index contributed by atoms with van der Waals surface area (Å²) in [6.07, 6.45) is 1.22. The number of rotatable bonds is 3. The molecule has 1 aromatic carbocycles. The fourth-order valence-electron chi connectivity index (χ4n) is 1.61. The Kier molecular flexibility index (Phi) is 3.47. The van der Waals surface area contributed by atoms with E-state index in [2.05, 4.69) is 4.98 Å². The largest absolute Gasteiger partial charge is 0.478 e. The predicted molar refractivity (Wildman–Crippen MR) is 65.3 cm³/mol. The Balaban J connectivity index is 2.53. The van der Waals surface area contributed by atoms with Gasteiger partial charge >= 0.3 is 5.97 Å². The normalized spacial score (nSPS) is 11.1. The predicted octanol–water partition coefficient (Wildman–Crippen LogP) is 3.56. The van der Waals surface area contributed by atoms with E-state index in [1.54, 1.807) is 19.1 Å². The first-order chi connectivity index (χ1) is 8.47. The second kappa shape index (κ2) is 4.89. The van der Waals surface area contributed by atoms with Gasteiger partial charge in [0.15, 0.2) is 0 Å². The van der Waals surface area contributed by atoms with Crippen LogP contribution in [0.25, 0.3) is 10.9 Å². The van der Waals surface area contributed by atoms with Crippen LogP contribution >= 0.6 is 11.8 Å². The number of aromatic nitrogens is 1. The quantitative estimate of drug-likeness (QED) is 0.866. The van der Waals surface area contributed by atoms with E-state index in [0.717, 1.165) is 0 Å². The molecule has 0 saturated heterocycles. The van der Waals surface area contributed by atoms with Gasteiger partial charge in [0.05, 0.1) is 11.1 Å². The fourth-order valence-corrected chi connectivity index (χ4v) is 2.23. The third kappa shape index (κ3) is 2.59. The van der Waals surface area contributed by atoms with Crippen LogP contribution in [0.15, 0.2) is 29.3 Å². The van der Waals surface area contributed by atoms with Gasteiger partial charge in [0, 0.05) is 16.5 Å². The van der Waals surface area contributed by atoms with E-state index in [4.69, 9.17) is 5.11 Å². The van der Waals surface area contributed by atoms with Crippen molar-refractivity contribution in [3.8, 4) is 0 Å². The summed E-state index contributed by atoms with van der Waals surface area (Å²) in [6.45, 7) is 1.71. The standard InChI is InChI=1S/C12H9F2NO2S/c1-6-2-7-3-8(11(16)17)5-15-9(7)4-10(6)18-12(13)14/h2-5,12H,1H3,(H,16,17). The van der Waals surface area contributed by atoms with E-state index in [9.17, 15) is 13.6 Å². The molecule has 0 unspecified atom stereocenters. The highest BCUT2D eigenvalue weighted by Crippen LogP contribution is 2.31. The minimum Gasteiger partial charge on any atom is -0.478 e. The minimum atomic E-state index is -2.49. The molecule has 0 bridgehead atoms. The SMILES string of the molecule is Cc1cc2cc(C(=O)O)cnc2cc1SC(F)F. The fraction of sp³-hybridized carbons (Fsp3) is 0.167. The Morgan fingerprint density at radius 2 is 2.11 bits per heavy atom. The molecule has 18 heavy (non-hydrogen) atoms. The molecule has 1 N–H and O–H groups in total. The summed E-state index contributed by atoms with van der Waals surface area (Å²) in [5, 5.41) is 9.47. The maximum absolute atomic E-state index is 12.3. The maximum atomic E-state index is 12.3. The first-order valence-corrected chi connectivity index (χ1v) is 5.94. The van der Waals surface area contributed by atoms with Crippen LogP contribution in [-0.2, 0) is 0 Å². The van der Waals surface area contributed by atoms with E-state index in [1.165, 1.54) is 12.3 Å². The number of carboxylic acid groups (broad SMARTS) is 1. The van der Waals surface area contributed by atoms with E-state index < -0.39 is 11.7 Å². The third-order valence-electron chi connectivity index (χ3n) is 2.44. The Hall–Kier alpha value is -1.69. The summed E-state index contributed by atoms with van der Waals surface area (Å²) in [6, 6.07) is 4.70.